The fourth-order valence-corrected chi connectivity index (χ4v) is 3.32. The summed E-state index contributed by atoms with van der Waals surface area (Å²) in [4.78, 5) is 14.7. The minimum Gasteiger partial charge on any atom is -0.466 e. The van der Waals surface area contributed by atoms with Crippen molar-refractivity contribution in [3.63, 3.8) is 0 Å². The molecule has 2 aromatic rings. The van der Waals surface area contributed by atoms with E-state index >= 15 is 0 Å². The van der Waals surface area contributed by atoms with Gasteiger partial charge in [-0.25, -0.2) is 0 Å². The first-order chi connectivity index (χ1) is 11.5. The van der Waals surface area contributed by atoms with Crippen LogP contribution in [0.25, 0.3) is 0 Å². The Kier molecular flexibility index (Phi) is 4.83. The number of likely N-dealkylation sites (tertiary alicyclic amines) is 1. The third-order valence-corrected chi connectivity index (χ3v) is 4.65. The van der Waals surface area contributed by atoms with Crippen LogP contribution < -0.4 is 5.32 Å². The summed E-state index contributed by atoms with van der Waals surface area (Å²) in [5, 5.41) is 11.3. The predicted octanol–water partition coefficient (Wildman–Crippen LogP) is 2.89. The van der Waals surface area contributed by atoms with Crippen LogP contribution in [-0.4, -0.2) is 40.1 Å². The normalized spacial score (nSPS) is 16.9. The zero-order chi connectivity index (χ0) is 17.1. The molecule has 1 atom stereocenters. The van der Waals surface area contributed by atoms with Gasteiger partial charge in [-0.1, -0.05) is 0 Å². The van der Waals surface area contributed by atoms with E-state index < -0.39 is 0 Å². The number of nitrogens with one attached hydrogen (secondary N) is 1. The Bertz CT molecular complexity index is 690. The summed E-state index contributed by atoms with van der Waals surface area (Å²) in [7, 11) is 0. The maximum absolute atomic E-state index is 12.8. The van der Waals surface area contributed by atoms with E-state index in [1.54, 1.807) is 6.20 Å². The van der Waals surface area contributed by atoms with Crippen LogP contribution in [0, 0.1) is 13.8 Å². The molecule has 1 aliphatic heterocycles. The molecule has 0 aliphatic carbocycles. The Labute approximate surface area is 142 Å². The van der Waals surface area contributed by atoms with Gasteiger partial charge in [0.1, 0.15) is 17.3 Å². The summed E-state index contributed by atoms with van der Waals surface area (Å²) in [6.07, 6.45) is 3.49. The highest BCUT2D eigenvalue weighted by atomic mass is 16.3. The average Bonchev–Trinajstić information content (AvgIpc) is 2.93. The highest BCUT2D eigenvalue weighted by molar-refractivity contribution is 5.83. The number of carbonyl (C=O) groups excluding carboxylic acids is 1. The second kappa shape index (κ2) is 7.03. The summed E-state index contributed by atoms with van der Waals surface area (Å²) in [6, 6.07) is 6.08. The maximum atomic E-state index is 12.8. The molecule has 6 heteroatoms. The molecule has 1 aliphatic rings. The molecule has 1 saturated heterocycles. The monoisotopic (exact) mass is 328 g/mol. The molecule has 128 valence electrons. The van der Waals surface area contributed by atoms with Gasteiger partial charge in [0.25, 0.3) is 0 Å². The molecule has 0 unspecified atom stereocenters. The number of carbonyl (C=O) groups is 1. The van der Waals surface area contributed by atoms with Gasteiger partial charge >= 0.3 is 0 Å². The molecular weight excluding hydrogens is 304 g/mol. The van der Waals surface area contributed by atoms with Crippen molar-refractivity contribution in [1.82, 2.24) is 15.1 Å². The lowest BCUT2D eigenvalue weighted by atomic mass is 9.97. The van der Waals surface area contributed by atoms with Crippen LogP contribution in [0.4, 0.5) is 5.82 Å². The van der Waals surface area contributed by atoms with E-state index in [-0.39, 0.29) is 11.8 Å². The maximum Gasteiger partial charge on any atom is 0.229 e. The summed E-state index contributed by atoms with van der Waals surface area (Å²) in [6.45, 7) is 7.32. The molecule has 1 amide bonds. The smallest absolute Gasteiger partial charge is 0.229 e. The fourth-order valence-electron chi connectivity index (χ4n) is 3.32. The van der Waals surface area contributed by atoms with Crippen LogP contribution in [0.2, 0.25) is 0 Å². The van der Waals surface area contributed by atoms with Crippen molar-refractivity contribution in [3.8, 4) is 0 Å². The molecule has 2 aromatic heterocycles. The van der Waals surface area contributed by atoms with Crippen molar-refractivity contribution in [2.45, 2.75) is 45.6 Å². The van der Waals surface area contributed by atoms with Gasteiger partial charge in [-0.15, -0.1) is 5.10 Å². The van der Waals surface area contributed by atoms with E-state index in [2.05, 4.69) is 15.5 Å². The Hall–Kier alpha value is -2.37. The van der Waals surface area contributed by atoms with Gasteiger partial charge in [0.2, 0.25) is 5.91 Å². The summed E-state index contributed by atoms with van der Waals surface area (Å²) in [5.74, 6) is 2.51. The molecule has 3 heterocycles. The average molecular weight is 328 g/mol. The lowest BCUT2D eigenvalue weighted by Crippen LogP contribution is -2.44. The number of amides is 1. The number of anilines is 1. The first kappa shape index (κ1) is 16.5. The highest BCUT2D eigenvalue weighted by Crippen LogP contribution is 2.26. The first-order valence-electron chi connectivity index (χ1n) is 8.44. The highest BCUT2D eigenvalue weighted by Gasteiger charge is 2.28. The fraction of sp³-hybridized carbons (Fsp3) is 0.500. The molecule has 0 bridgehead atoms. The topological polar surface area (TPSA) is 71.3 Å². The molecule has 0 spiro atoms. The van der Waals surface area contributed by atoms with Crippen LogP contribution in [-0.2, 0) is 4.79 Å². The van der Waals surface area contributed by atoms with Crippen LogP contribution in [0.15, 0.2) is 28.8 Å². The number of aryl methyl sites for hydroxylation is 2. The van der Waals surface area contributed by atoms with Gasteiger partial charge < -0.3 is 14.6 Å². The minimum atomic E-state index is -0.160. The van der Waals surface area contributed by atoms with Gasteiger partial charge in [-0.2, -0.15) is 5.10 Å². The Morgan fingerprint density at radius 1 is 1.38 bits per heavy atom. The second-order valence-corrected chi connectivity index (χ2v) is 6.44. The zero-order valence-corrected chi connectivity index (χ0v) is 14.5. The van der Waals surface area contributed by atoms with Crippen LogP contribution >= 0.6 is 0 Å². The van der Waals surface area contributed by atoms with Gasteiger partial charge in [-0.3, -0.25) is 4.79 Å². The summed E-state index contributed by atoms with van der Waals surface area (Å²) in [5.41, 5.74) is 0.998. The van der Waals surface area contributed by atoms with E-state index in [0.29, 0.717) is 6.04 Å². The lowest BCUT2D eigenvalue weighted by molar-refractivity contribution is -0.133. The van der Waals surface area contributed by atoms with Crippen molar-refractivity contribution >= 4 is 11.7 Å². The number of nitrogens with zero attached hydrogens (tertiary/aromatic N) is 3. The van der Waals surface area contributed by atoms with E-state index in [1.807, 2.05) is 43.9 Å². The summed E-state index contributed by atoms with van der Waals surface area (Å²) >= 11 is 0. The molecule has 6 nitrogen and oxygen atoms in total. The molecule has 0 saturated carbocycles. The molecular formula is C18H24N4O2. The van der Waals surface area contributed by atoms with Crippen LogP contribution in [0.1, 0.15) is 42.8 Å². The second-order valence-electron chi connectivity index (χ2n) is 6.44. The Morgan fingerprint density at radius 3 is 2.71 bits per heavy atom. The number of furan rings is 1. The van der Waals surface area contributed by atoms with Crippen molar-refractivity contribution in [3.05, 3.63) is 41.5 Å². The van der Waals surface area contributed by atoms with E-state index in [4.69, 9.17) is 4.42 Å². The number of aromatic nitrogens is 2. The Morgan fingerprint density at radius 2 is 2.12 bits per heavy atom. The number of piperidine rings is 1. The van der Waals surface area contributed by atoms with Crippen molar-refractivity contribution < 1.29 is 9.21 Å². The van der Waals surface area contributed by atoms with Crippen molar-refractivity contribution in [2.24, 2.45) is 0 Å². The molecule has 0 aromatic carbocycles. The number of hydrogen-bond acceptors (Lipinski definition) is 5. The number of hydrogen-bond donors (Lipinski definition) is 1. The van der Waals surface area contributed by atoms with E-state index in [0.717, 1.165) is 48.8 Å². The van der Waals surface area contributed by atoms with Gasteiger partial charge in [0, 0.05) is 30.9 Å². The van der Waals surface area contributed by atoms with Gasteiger partial charge in [-0.05, 0) is 51.8 Å². The standard InChI is InChI=1S/C18H24N4O2/c1-12-11-16(14(3)24-12)13(2)18(23)22-9-6-15(7-10-22)20-17-5-4-8-19-21-17/h4-5,8,11,13,15H,6-7,9-10H2,1-3H3,(H,20,21)/t13-/m1/s1. The third-order valence-electron chi connectivity index (χ3n) is 4.65. The third kappa shape index (κ3) is 3.58. The molecule has 1 N–H and O–H groups in total. The van der Waals surface area contributed by atoms with E-state index in [1.165, 1.54) is 0 Å². The molecule has 1 fully saturated rings. The van der Waals surface area contributed by atoms with E-state index in [9.17, 15) is 4.79 Å². The van der Waals surface area contributed by atoms with Crippen molar-refractivity contribution in [2.75, 3.05) is 18.4 Å². The zero-order valence-electron chi connectivity index (χ0n) is 14.5. The lowest BCUT2D eigenvalue weighted by Gasteiger charge is -2.34. The SMILES string of the molecule is Cc1cc([C@@H](C)C(=O)N2CCC(Nc3cccnn3)CC2)c(C)o1. The summed E-state index contributed by atoms with van der Waals surface area (Å²) < 4.78 is 5.56. The first-order valence-corrected chi connectivity index (χ1v) is 8.44. The molecule has 0 radical (unpaired) electrons. The van der Waals surface area contributed by atoms with Crippen LogP contribution in [0.3, 0.4) is 0 Å². The Balaban J connectivity index is 1.56. The van der Waals surface area contributed by atoms with Crippen LogP contribution in [0.5, 0.6) is 0 Å². The molecule has 3 rings (SSSR count). The quantitative estimate of drug-likeness (QED) is 0.934. The number of rotatable bonds is 4. The largest absolute Gasteiger partial charge is 0.466 e. The van der Waals surface area contributed by atoms with Gasteiger partial charge in [0.15, 0.2) is 0 Å². The molecule has 24 heavy (non-hydrogen) atoms. The van der Waals surface area contributed by atoms with Gasteiger partial charge in [0.05, 0.1) is 5.92 Å². The van der Waals surface area contributed by atoms with Crippen molar-refractivity contribution in [1.29, 1.82) is 0 Å². The predicted molar refractivity (Wildman–Crippen MR) is 91.9 cm³/mol. The minimum absolute atomic E-state index is 0.160.